The zero-order chi connectivity index (χ0) is 24.2. The third-order valence-electron chi connectivity index (χ3n) is 5.45. The summed E-state index contributed by atoms with van der Waals surface area (Å²) in [7, 11) is 1.56. The lowest BCUT2D eigenvalue weighted by molar-refractivity contribution is 0.0949. The van der Waals surface area contributed by atoms with Crippen molar-refractivity contribution >= 4 is 17.2 Å². The molecule has 7 nitrogen and oxygen atoms in total. The second-order valence-electron chi connectivity index (χ2n) is 7.80. The van der Waals surface area contributed by atoms with E-state index in [1.807, 2.05) is 84.2 Å². The Bertz CT molecular complexity index is 1530. The van der Waals surface area contributed by atoms with Gasteiger partial charge in [-0.05, 0) is 17.7 Å². The lowest BCUT2D eigenvalue weighted by atomic mass is 9.95. The van der Waals surface area contributed by atoms with Crippen LogP contribution < -0.4 is 10.9 Å². The summed E-state index contributed by atoms with van der Waals surface area (Å²) in [5.74, 6) is -0.476. The van der Waals surface area contributed by atoms with Gasteiger partial charge in [-0.15, -0.1) is 11.3 Å². The average molecular weight is 480 g/mol. The number of aryl methyl sites for hydroxylation is 1. The van der Waals surface area contributed by atoms with Crippen molar-refractivity contribution in [1.29, 1.82) is 0 Å². The number of nitrogens with zero attached hydrogens (tertiary/aromatic N) is 4. The Balaban J connectivity index is 1.53. The molecule has 0 spiro atoms. The molecule has 0 aliphatic heterocycles. The number of benzene rings is 2. The highest BCUT2D eigenvalue weighted by atomic mass is 32.1. The Kier molecular flexibility index (Phi) is 6.28. The van der Waals surface area contributed by atoms with Gasteiger partial charge in [0.15, 0.2) is 0 Å². The highest BCUT2D eigenvalue weighted by molar-refractivity contribution is 7.13. The number of rotatable bonds is 6. The van der Waals surface area contributed by atoms with Gasteiger partial charge >= 0.3 is 0 Å². The second-order valence-corrected chi connectivity index (χ2v) is 8.66. The van der Waals surface area contributed by atoms with Crippen molar-refractivity contribution in [3.05, 3.63) is 112 Å². The number of nitrogens with one attached hydrogen (secondary N) is 1. The Labute approximate surface area is 205 Å². The Morgan fingerprint density at radius 3 is 2.31 bits per heavy atom. The quantitative estimate of drug-likeness (QED) is 0.386. The summed E-state index contributed by atoms with van der Waals surface area (Å²) >= 11 is 1.45. The van der Waals surface area contributed by atoms with Gasteiger partial charge in [-0.1, -0.05) is 66.7 Å². The topological polar surface area (TPSA) is 89.8 Å². The lowest BCUT2D eigenvalue weighted by Gasteiger charge is -2.15. The van der Waals surface area contributed by atoms with E-state index >= 15 is 0 Å². The van der Waals surface area contributed by atoms with Crippen molar-refractivity contribution in [2.75, 3.05) is 0 Å². The molecule has 8 heteroatoms. The van der Waals surface area contributed by atoms with E-state index in [0.29, 0.717) is 17.0 Å². The van der Waals surface area contributed by atoms with E-state index in [1.54, 1.807) is 13.2 Å². The van der Waals surface area contributed by atoms with Crippen molar-refractivity contribution in [2.45, 2.75) is 6.54 Å². The largest absolute Gasteiger partial charge is 0.346 e. The van der Waals surface area contributed by atoms with Crippen LogP contribution in [0.5, 0.6) is 0 Å². The minimum atomic E-state index is -0.476. The summed E-state index contributed by atoms with van der Waals surface area (Å²) in [4.78, 5) is 35.6. The first-order chi connectivity index (χ1) is 17.1. The van der Waals surface area contributed by atoms with Crippen LogP contribution in [0.4, 0.5) is 0 Å². The first-order valence-corrected chi connectivity index (χ1v) is 11.9. The van der Waals surface area contributed by atoms with E-state index in [-0.39, 0.29) is 12.1 Å². The number of amides is 1. The number of thiazole rings is 1. The average Bonchev–Trinajstić information content (AvgIpc) is 3.39. The van der Waals surface area contributed by atoms with Crippen LogP contribution in [-0.2, 0) is 13.6 Å². The van der Waals surface area contributed by atoms with Crippen molar-refractivity contribution in [1.82, 2.24) is 25.1 Å². The van der Waals surface area contributed by atoms with Gasteiger partial charge in [0.05, 0.1) is 23.6 Å². The van der Waals surface area contributed by atoms with Crippen LogP contribution in [-0.4, -0.2) is 25.7 Å². The van der Waals surface area contributed by atoms with E-state index in [0.717, 1.165) is 21.8 Å². The summed E-state index contributed by atoms with van der Waals surface area (Å²) in [6.45, 7) is 0.183. The van der Waals surface area contributed by atoms with Crippen molar-refractivity contribution in [3.8, 4) is 33.1 Å². The highest BCUT2D eigenvalue weighted by Gasteiger charge is 2.24. The predicted octanol–water partition coefficient (Wildman–Crippen LogP) is 4.56. The van der Waals surface area contributed by atoms with E-state index in [4.69, 9.17) is 0 Å². The molecule has 1 N–H and O–H groups in total. The van der Waals surface area contributed by atoms with Gasteiger partial charge in [0.25, 0.3) is 11.5 Å². The van der Waals surface area contributed by atoms with E-state index in [1.165, 1.54) is 16.0 Å². The standard InChI is InChI=1S/C27H21N5O2S/c1-32-27(34)23(25(33)29-16-20-17-35-26(30-20)21-14-8-9-15-28-21)22(18-10-4-2-5-11-18)24(31-32)19-12-6-3-7-13-19/h2-15,17H,16H2,1H3,(H,29,33). The summed E-state index contributed by atoms with van der Waals surface area (Å²) < 4.78 is 1.21. The molecule has 2 aromatic carbocycles. The van der Waals surface area contributed by atoms with Crippen LogP contribution in [0.15, 0.2) is 95.2 Å². The minimum Gasteiger partial charge on any atom is -0.346 e. The van der Waals surface area contributed by atoms with Gasteiger partial charge in [0.2, 0.25) is 0 Å². The van der Waals surface area contributed by atoms with Crippen LogP contribution in [0, 0.1) is 0 Å². The zero-order valence-electron chi connectivity index (χ0n) is 18.9. The van der Waals surface area contributed by atoms with Gasteiger partial charge in [0.1, 0.15) is 10.6 Å². The van der Waals surface area contributed by atoms with Gasteiger partial charge in [-0.3, -0.25) is 14.6 Å². The predicted molar refractivity (Wildman–Crippen MR) is 137 cm³/mol. The van der Waals surface area contributed by atoms with Crippen LogP contribution >= 0.6 is 11.3 Å². The van der Waals surface area contributed by atoms with E-state index in [9.17, 15) is 9.59 Å². The lowest BCUT2D eigenvalue weighted by Crippen LogP contribution is -2.34. The van der Waals surface area contributed by atoms with Crippen LogP contribution in [0.3, 0.4) is 0 Å². The summed E-state index contributed by atoms with van der Waals surface area (Å²) in [5.41, 5.74) is 3.68. The Morgan fingerprint density at radius 2 is 1.63 bits per heavy atom. The monoisotopic (exact) mass is 479 g/mol. The van der Waals surface area contributed by atoms with Gasteiger partial charge in [-0.25, -0.2) is 9.67 Å². The van der Waals surface area contributed by atoms with E-state index in [2.05, 4.69) is 20.4 Å². The molecule has 0 unspecified atom stereocenters. The molecular formula is C27H21N5O2S. The van der Waals surface area contributed by atoms with Gasteiger partial charge in [0, 0.05) is 29.8 Å². The van der Waals surface area contributed by atoms with Crippen LogP contribution in [0.2, 0.25) is 0 Å². The maximum absolute atomic E-state index is 13.5. The number of hydrogen-bond acceptors (Lipinski definition) is 6. The molecule has 0 radical (unpaired) electrons. The molecule has 0 bridgehead atoms. The summed E-state index contributed by atoms with van der Waals surface area (Å²) in [6.07, 6.45) is 1.72. The summed E-state index contributed by atoms with van der Waals surface area (Å²) in [5, 5.41) is 10.1. The van der Waals surface area contributed by atoms with Crippen molar-refractivity contribution in [3.63, 3.8) is 0 Å². The molecule has 0 atom stereocenters. The zero-order valence-corrected chi connectivity index (χ0v) is 19.7. The fourth-order valence-electron chi connectivity index (χ4n) is 3.78. The normalized spacial score (nSPS) is 10.8. The number of carbonyl (C=O) groups excluding carboxylic acids is 1. The van der Waals surface area contributed by atoms with E-state index < -0.39 is 11.5 Å². The summed E-state index contributed by atoms with van der Waals surface area (Å²) in [6, 6.07) is 24.6. The maximum Gasteiger partial charge on any atom is 0.280 e. The number of pyridine rings is 1. The number of carbonyl (C=O) groups is 1. The molecule has 5 aromatic rings. The molecule has 0 aliphatic rings. The molecule has 3 heterocycles. The molecule has 0 saturated carbocycles. The number of aromatic nitrogens is 4. The molecule has 5 rings (SSSR count). The Morgan fingerprint density at radius 1 is 0.943 bits per heavy atom. The molecule has 0 aliphatic carbocycles. The van der Waals surface area contributed by atoms with Gasteiger partial charge < -0.3 is 5.32 Å². The molecule has 3 aromatic heterocycles. The van der Waals surface area contributed by atoms with Crippen LogP contribution in [0.25, 0.3) is 33.1 Å². The van der Waals surface area contributed by atoms with Crippen LogP contribution in [0.1, 0.15) is 16.1 Å². The maximum atomic E-state index is 13.5. The first kappa shape index (κ1) is 22.4. The minimum absolute atomic E-state index is 0.0488. The number of hydrogen-bond donors (Lipinski definition) is 1. The fraction of sp³-hybridized carbons (Fsp3) is 0.0741. The highest BCUT2D eigenvalue weighted by Crippen LogP contribution is 2.32. The molecule has 35 heavy (non-hydrogen) atoms. The second kappa shape index (κ2) is 9.82. The molecule has 172 valence electrons. The molecule has 0 fully saturated rings. The fourth-order valence-corrected chi connectivity index (χ4v) is 4.58. The van der Waals surface area contributed by atoms with Crippen molar-refractivity contribution in [2.24, 2.45) is 7.05 Å². The molecule has 1 amide bonds. The SMILES string of the molecule is Cn1nc(-c2ccccc2)c(-c2ccccc2)c(C(=O)NCc2csc(-c3ccccn3)n2)c1=O. The third kappa shape index (κ3) is 4.64. The smallest absolute Gasteiger partial charge is 0.280 e. The third-order valence-corrected chi connectivity index (χ3v) is 6.36. The molecular weight excluding hydrogens is 458 g/mol. The van der Waals surface area contributed by atoms with Gasteiger partial charge in [-0.2, -0.15) is 5.10 Å². The molecule has 0 saturated heterocycles. The first-order valence-electron chi connectivity index (χ1n) is 11.0. The Hall–Kier alpha value is -4.43. The van der Waals surface area contributed by atoms with Crippen molar-refractivity contribution < 1.29 is 4.79 Å².